The molecule has 0 radical (unpaired) electrons. The number of ether oxygens (including phenoxy) is 1. The summed E-state index contributed by atoms with van der Waals surface area (Å²) in [7, 11) is 0. The van der Waals surface area contributed by atoms with Crippen LogP contribution in [0.25, 0.3) is 11.0 Å². The van der Waals surface area contributed by atoms with Gasteiger partial charge in [-0.05, 0) is 50.1 Å². The summed E-state index contributed by atoms with van der Waals surface area (Å²) in [6.45, 7) is 3.91. The van der Waals surface area contributed by atoms with Crippen LogP contribution in [-0.4, -0.2) is 19.3 Å². The zero-order valence-corrected chi connectivity index (χ0v) is 12.5. The van der Waals surface area contributed by atoms with Crippen molar-refractivity contribution in [1.29, 1.82) is 0 Å². The Balaban J connectivity index is 1.83. The molecular formula is C16H20ClNO2. The first-order valence-electron chi connectivity index (χ1n) is 7.30. The Morgan fingerprint density at radius 1 is 1.40 bits per heavy atom. The van der Waals surface area contributed by atoms with Gasteiger partial charge in [-0.25, -0.2) is 0 Å². The van der Waals surface area contributed by atoms with Gasteiger partial charge in [0.25, 0.3) is 0 Å². The van der Waals surface area contributed by atoms with Crippen molar-refractivity contribution in [2.45, 2.75) is 38.3 Å². The molecule has 0 aliphatic carbocycles. The highest BCUT2D eigenvalue weighted by atomic mass is 35.5. The third-order valence-electron chi connectivity index (χ3n) is 3.81. The first kappa shape index (κ1) is 13.9. The predicted octanol–water partition coefficient (Wildman–Crippen LogP) is 4.31. The second kappa shape index (κ2) is 6.17. The minimum Gasteiger partial charge on any atom is -0.459 e. The van der Waals surface area contributed by atoms with E-state index in [2.05, 4.69) is 18.3 Å². The van der Waals surface area contributed by atoms with Gasteiger partial charge in [0.2, 0.25) is 0 Å². The Hall–Kier alpha value is -1.03. The van der Waals surface area contributed by atoms with Gasteiger partial charge in [0, 0.05) is 17.0 Å². The summed E-state index contributed by atoms with van der Waals surface area (Å²) in [6.07, 6.45) is 3.62. The van der Waals surface area contributed by atoms with Crippen LogP contribution in [-0.2, 0) is 4.74 Å². The lowest BCUT2D eigenvalue weighted by molar-refractivity contribution is 0.0924. The lowest BCUT2D eigenvalue weighted by Gasteiger charge is -2.19. The van der Waals surface area contributed by atoms with Crippen molar-refractivity contribution in [3.8, 4) is 0 Å². The van der Waals surface area contributed by atoms with Crippen molar-refractivity contribution >= 4 is 22.6 Å². The van der Waals surface area contributed by atoms with Crippen molar-refractivity contribution in [3.05, 3.63) is 35.0 Å². The Morgan fingerprint density at radius 3 is 3.05 bits per heavy atom. The van der Waals surface area contributed by atoms with E-state index in [1.807, 2.05) is 18.2 Å². The molecular weight excluding hydrogens is 274 g/mol. The van der Waals surface area contributed by atoms with Gasteiger partial charge in [0.05, 0.1) is 12.1 Å². The molecule has 0 saturated carbocycles. The van der Waals surface area contributed by atoms with E-state index < -0.39 is 0 Å². The fourth-order valence-corrected chi connectivity index (χ4v) is 3.03. The highest BCUT2D eigenvalue weighted by Crippen LogP contribution is 2.30. The van der Waals surface area contributed by atoms with E-state index in [-0.39, 0.29) is 6.04 Å². The molecule has 0 bridgehead atoms. The molecule has 1 fully saturated rings. The minimum atomic E-state index is 0.203. The first-order chi connectivity index (χ1) is 9.76. The van der Waals surface area contributed by atoms with E-state index in [0.717, 1.165) is 47.7 Å². The lowest BCUT2D eigenvalue weighted by Crippen LogP contribution is -2.24. The molecule has 1 aromatic carbocycles. The Labute approximate surface area is 124 Å². The van der Waals surface area contributed by atoms with Crippen LogP contribution in [0.4, 0.5) is 0 Å². The molecule has 1 aliphatic rings. The van der Waals surface area contributed by atoms with Crippen LogP contribution in [0.2, 0.25) is 5.02 Å². The Morgan fingerprint density at radius 2 is 2.30 bits per heavy atom. The van der Waals surface area contributed by atoms with E-state index in [9.17, 15) is 0 Å². The molecule has 1 aromatic heterocycles. The third-order valence-corrected chi connectivity index (χ3v) is 4.05. The third kappa shape index (κ3) is 3.00. The number of halogens is 1. The summed E-state index contributed by atoms with van der Waals surface area (Å²) in [6, 6.07) is 8.02. The molecule has 2 heterocycles. The van der Waals surface area contributed by atoms with Crippen LogP contribution in [0.5, 0.6) is 0 Å². The highest BCUT2D eigenvalue weighted by molar-refractivity contribution is 6.31. The summed E-state index contributed by atoms with van der Waals surface area (Å²) in [5.74, 6) is 0.972. The van der Waals surface area contributed by atoms with E-state index >= 15 is 0 Å². The van der Waals surface area contributed by atoms with E-state index in [4.69, 9.17) is 20.8 Å². The van der Waals surface area contributed by atoms with Gasteiger partial charge in [-0.3, -0.25) is 0 Å². The maximum Gasteiger partial charge on any atom is 0.134 e. The second-order valence-electron chi connectivity index (χ2n) is 5.31. The smallest absolute Gasteiger partial charge is 0.134 e. The molecule has 1 aliphatic heterocycles. The van der Waals surface area contributed by atoms with Crippen LogP contribution in [0, 0.1) is 0 Å². The fraction of sp³-hybridized carbons (Fsp3) is 0.500. The maximum absolute atomic E-state index is 6.03. The first-order valence-corrected chi connectivity index (χ1v) is 7.68. The van der Waals surface area contributed by atoms with Crippen molar-refractivity contribution < 1.29 is 9.15 Å². The Kier molecular flexibility index (Phi) is 4.29. The van der Waals surface area contributed by atoms with Gasteiger partial charge in [-0.1, -0.05) is 18.5 Å². The SMILES string of the molecule is CCNC(CC1CCCO1)c1cc2cc(Cl)ccc2o1. The molecule has 2 atom stereocenters. The average Bonchev–Trinajstić information content (AvgIpc) is 3.06. The zero-order chi connectivity index (χ0) is 13.9. The van der Waals surface area contributed by atoms with Crippen molar-refractivity contribution in [2.24, 2.45) is 0 Å². The van der Waals surface area contributed by atoms with Gasteiger partial charge in [0.1, 0.15) is 11.3 Å². The summed E-state index contributed by atoms with van der Waals surface area (Å²) in [4.78, 5) is 0. The van der Waals surface area contributed by atoms with Crippen LogP contribution in [0.1, 0.15) is 38.0 Å². The van der Waals surface area contributed by atoms with Gasteiger partial charge in [0.15, 0.2) is 0 Å². The number of furan rings is 1. The number of hydrogen-bond donors (Lipinski definition) is 1. The largest absolute Gasteiger partial charge is 0.459 e. The molecule has 2 unspecified atom stereocenters. The molecule has 0 spiro atoms. The van der Waals surface area contributed by atoms with Gasteiger partial charge >= 0.3 is 0 Å². The summed E-state index contributed by atoms with van der Waals surface area (Å²) >= 11 is 6.03. The van der Waals surface area contributed by atoms with Crippen LogP contribution < -0.4 is 5.32 Å². The number of fused-ring (bicyclic) bond motifs is 1. The monoisotopic (exact) mass is 293 g/mol. The standard InChI is InChI=1S/C16H20ClNO2/c1-2-18-14(10-13-4-3-7-19-13)16-9-11-8-12(17)5-6-15(11)20-16/h5-6,8-9,13-14,18H,2-4,7,10H2,1H3. The van der Waals surface area contributed by atoms with Crippen molar-refractivity contribution in [3.63, 3.8) is 0 Å². The number of benzene rings is 1. The van der Waals surface area contributed by atoms with Crippen LogP contribution in [0.3, 0.4) is 0 Å². The van der Waals surface area contributed by atoms with Crippen molar-refractivity contribution in [1.82, 2.24) is 5.32 Å². The van der Waals surface area contributed by atoms with Crippen LogP contribution in [0.15, 0.2) is 28.7 Å². The lowest BCUT2D eigenvalue weighted by atomic mass is 10.0. The van der Waals surface area contributed by atoms with Crippen molar-refractivity contribution in [2.75, 3.05) is 13.2 Å². The topological polar surface area (TPSA) is 34.4 Å². The quantitative estimate of drug-likeness (QED) is 0.892. The second-order valence-corrected chi connectivity index (χ2v) is 5.75. The molecule has 108 valence electrons. The molecule has 3 rings (SSSR count). The van der Waals surface area contributed by atoms with Gasteiger partial charge < -0.3 is 14.5 Å². The number of nitrogens with one attached hydrogen (secondary N) is 1. The maximum atomic E-state index is 6.03. The summed E-state index contributed by atoms with van der Waals surface area (Å²) in [5.41, 5.74) is 0.889. The van der Waals surface area contributed by atoms with E-state index in [0.29, 0.717) is 6.10 Å². The highest BCUT2D eigenvalue weighted by Gasteiger charge is 2.23. The van der Waals surface area contributed by atoms with Gasteiger partial charge in [-0.2, -0.15) is 0 Å². The average molecular weight is 294 g/mol. The number of rotatable bonds is 5. The van der Waals surface area contributed by atoms with Crippen LogP contribution >= 0.6 is 11.6 Å². The number of hydrogen-bond acceptors (Lipinski definition) is 3. The molecule has 1 N–H and O–H groups in total. The molecule has 3 nitrogen and oxygen atoms in total. The summed E-state index contributed by atoms with van der Waals surface area (Å²) in [5, 5.41) is 5.29. The minimum absolute atomic E-state index is 0.203. The Bertz CT molecular complexity index is 575. The van der Waals surface area contributed by atoms with Gasteiger partial charge in [-0.15, -0.1) is 0 Å². The predicted molar refractivity (Wildman–Crippen MR) is 81.2 cm³/mol. The molecule has 20 heavy (non-hydrogen) atoms. The normalized spacial score (nSPS) is 20.6. The molecule has 2 aromatic rings. The molecule has 4 heteroatoms. The van der Waals surface area contributed by atoms with E-state index in [1.165, 1.54) is 6.42 Å². The zero-order valence-electron chi connectivity index (χ0n) is 11.7. The molecule has 0 amide bonds. The van der Waals surface area contributed by atoms with E-state index in [1.54, 1.807) is 0 Å². The summed E-state index contributed by atoms with van der Waals surface area (Å²) < 4.78 is 11.7. The molecule has 1 saturated heterocycles. The fourth-order valence-electron chi connectivity index (χ4n) is 2.85.